The monoisotopic (exact) mass is 345 g/mol. The first-order valence-corrected chi connectivity index (χ1v) is 7.61. The molecule has 20 heavy (non-hydrogen) atoms. The summed E-state index contributed by atoms with van der Waals surface area (Å²) in [5, 5.41) is 9.85. The predicted octanol–water partition coefficient (Wildman–Crippen LogP) is 3.41. The van der Waals surface area contributed by atoms with Gasteiger partial charge in [-0.1, -0.05) is 6.92 Å². The molecule has 0 aliphatic heterocycles. The molecule has 1 aromatic carbocycles. The minimum absolute atomic E-state index is 0.142. The largest absolute Gasteiger partial charge is 0.503 e. The summed E-state index contributed by atoms with van der Waals surface area (Å²) in [7, 11) is 3.28. The van der Waals surface area contributed by atoms with Crippen molar-refractivity contribution in [3.8, 4) is 11.5 Å². The summed E-state index contributed by atoms with van der Waals surface area (Å²) in [5.74, 6) is 0.633. The molecule has 0 aromatic heterocycles. The van der Waals surface area contributed by atoms with Gasteiger partial charge in [0, 0.05) is 26.2 Å². The van der Waals surface area contributed by atoms with Crippen LogP contribution in [0.4, 0.5) is 0 Å². The van der Waals surface area contributed by atoms with Crippen molar-refractivity contribution in [2.75, 3.05) is 27.4 Å². The van der Waals surface area contributed by atoms with Crippen LogP contribution in [0.15, 0.2) is 16.6 Å². The molecule has 0 heterocycles. The van der Waals surface area contributed by atoms with Gasteiger partial charge >= 0.3 is 0 Å². The van der Waals surface area contributed by atoms with Crippen molar-refractivity contribution in [1.29, 1.82) is 0 Å². The van der Waals surface area contributed by atoms with Crippen LogP contribution < -0.4 is 4.74 Å². The summed E-state index contributed by atoms with van der Waals surface area (Å²) in [6, 6.07) is 4.28. The molecule has 0 amide bonds. The SMILES string of the molecule is CCC(C)N(CCOC)Cc1cc(Br)c(O)c(OC)c1. The summed E-state index contributed by atoms with van der Waals surface area (Å²) in [5.41, 5.74) is 1.10. The third-order valence-corrected chi connectivity index (χ3v) is 4.10. The molecule has 1 atom stereocenters. The maximum absolute atomic E-state index is 9.85. The van der Waals surface area contributed by atoms with Crippen LogP contribution in [0.2, 0.25) is 0 Å². The van der Waals surface area contributed by atoms with Crippen LogP contribution in [0, 0.1) is 0 Å². The first kappa shape index (κ1) is 17.3. The zero-order valence-corrected chi connectivity index (χ0v) is 14.2. The lowest BCUT2D eigenvalue weighted by Gasteiger charge is -2.28. The van der Waals surface area contributed by atoms with E-state index < -0.39 is 0 Å². The smallest absolute Gasteiger partial charge is 0.172 e. The van der Waals surface area contributed by atoms with Crippen molar-refractivity contribution >= 4 is 15.9 Å². The van der Waals surface area contributed by atoms with E-state index in [9.17, 15) is 5.11 Å². The Kier molecular flexibility index (Phi) is 7.34. The summed E-state index contributed by atoms with van der Waals surface area (Å²) in [4.78, 5) is 2.36. The molecule has 0 fully saturated rings. The maximum atomic E-state index is 9.85. The van der Waals surface area contributed by atoms with Gasteiger partial charge in [-0.15, -0.1) is 0 Å². The average molecular weight is 346 g/mol. The van der Waals surface area contributed by atoms with Crippen molar-refractivity contribution in [1.82, 2.24) is 4.90 Å². The third kappa shape index (κ3) is 4.65. The maximum Gasteiger partial charge on any atom is 0.172 e. The Labute approximate surface area is 129 Å². The minimum Gasteiger partial charge on any atom is -0.503 e. The minimum atomic E-state index is 0.142. The van der Waals surface area contributed by atoms with Gasteiger partial charge in [0.1, 0.15) is 0 Å². The highest BCUT2D eigenvalue weighted by Crippen LogP contribution is 2.35. The van der Waals surface area contributed by atoms with Crippen LogP contribution in [-0.4, -0.2) is 43.4 Å². The summed E-state index contributed by atoms with van der Waals surface area (Å²) < 4.78 is 11.0. The number of benzene rings is 1. The van der Waals surface area contributed by atoms with Crippen molar-refractivity contribution < 1.29 is 14.6 Å². The average Bonchev–Trinajstić information content (AvgIpc) is 2.45. The van der Waals surface area contributed by atoms with E-state index in [-0.39, 0.29) is 5.75 Å². The number of hydrogen-bond donors (Lipinski definition) is 1. The van der Waals surface area contributed by atoms with Gasteiger partial charge in [-0.2, -0.15) is 0 Å². The zero-order chi connectivity index (χ0) is 15.1. The Morgan fingerprint density at radius 1 is 1.35 bits per heavy atom. The second kappa shape index (κ2) is 8.49. The van der Waals surface area contributed by atoms with E-state index in [1.807, 2.05) is 12.1 Å². The molecule has 1 aromatic rings. The quantitative estimate of drug-likeness (QED) is 0.783. The molecule has 1 unspecified atom stereocenters. The van der Waals surface area contributed by atoms with Crippen LogP contribution in [0.3, 0.4) is 0 Å². The number of rotatable bonds is 8. The molecule has 0 saturated carbocycles. The molecule has 0 aliphatic carbocycles. The van der Waals surface area contributed by atoms with E-state index in [1.165, 1.54) is 0 Å². The normalized spacial score (nSPS) is 12.7. The fourth-order valence-electron chi connectivity index (χ4n) is 2.03. The lowest BCUT2D eigenvalue weighted by atomic mass is 10.1. The molecule has 5 heteroatoms. The van der Waals surface area contributed by atoms with Crippen molar-refractivity contribution in [2.24, 2.45) is 0 Å². The van der Waals surface area contributed by atoms with Gasteiger partial charge in [0.05, 0.1) is 18.2 Å². The number of nitrogens with zero attached hydrogens (tertiary/aromatic N) is 1. The van der Waals surface area contributed by atoms with Gasteiger partial charge in [0.25, 0.3) is 0 Å². The molecule has 1 rings (SSSR count). The van der Waals surface area contributed by atoms with Crippen LogP contribution in [0.5, 0.6) is 11.5 Å². The zero-order valence-electron chi connectivity index (χ0n) is 12.6. The number of phenols is 1. The molecule has 0 aliphatic rings. The van der Waals surface area contributed by atoms with E-state index in [0.717, 1.165) is 25.1 Å². The second-order valence-corrected chi connectivity index (χ2v) is 5.70. The van der Waals surface area contributed by atoms with Crippen LogP contribution >= 0.6 is 15.9 Å². The van der Waals surface area contributed by atoms with Crippen molar-refractivity contribution in [3.63, 3.8) is 0 Å². The van der Waals surface area contributed by atoms with Crippen LogP contribution in [0.1, 0.15) is 25.8 Å². The van der Waals surface area contributed by atoms with Crippen molar-refractivity contribution in [2.45, 2.75) is 32.9 Å². The number of phenolic OH excluding ortho intramolecular Hbond substituents is 1. The van der Waals surface area contributed by atoms with E-state index in [4.69, 9.17) is 9.47 Å². The first-order chi connectivity index (χ1) is 9.53. The summed E-state index contributed by atoms with van der Waals surface area (Å²) >= 11 is 3.36. The first-order valence-electron chi connectivity index (χ1n) is 6.81. The van der Waals surface area contributed by atoms with E-state index >= 15 is 0 Å². The number of ether oxygens (including phenoxy) is 2. The molecule has 0 radical (unpaired) electrons. The topological polar surface area (TPSA) is 41.9 Å². The summed E-state index contributed by atoms with van der Waals surface area (Å²) in [6.07, 6.45) is 1.08. The van der Waals surface area contributed by atoms with Gasteiger partial charge in [-0.3, -0.25) is 4.90 Å². The van der Waals surface area contributed by atoms with Gasteiger partial charge < -0.3 is 14.6 Å². The Morgan fingerprint density at radius 2 is 2.05 bits per heavy atom. The number of halogens is 1. The van der Waals surface area contributed by atoms with Gasteiger partial charge in [0.2, 0.25) is 0 Å². The highest BCUT2D eigenvalue weighted by Gasteiger charge is 2.15. The Balaban J connectivity index is 2.89. The van der Waals surface area contributed by atoms with Crippen LogP contribution in [0.25, 0.3) is 0 Å². The highest BCUT2D eigenvalue weighted by atomic mass is 79.9. The molecule has 1 N–H and O–H groups in total. The van der Waals surface area contributed by atoms with E-state index in [0.29, 0.717) is 22.9 Å². The Morgan fingerprint density at radius 3 is 2.60 bits per heavy atom. The van der Waals surface area contributed by atoms with E-state index in [2.05, 4.69) is 34.7 Å². The predicted molar refractivity (Wildman–Crippen MR) is 84.4 cm³/mol. The van der Waals surface area contributed by atoms with Crippen molar-refractivity contribution in [3.05, 3.63) is 22.2 Å². The standard InChI is InChI=1S/C15H24BrNO3/c1-5-11(2)17(6-7-19-3)10-12-8-13(16)15(18)14(9-12)20-4/h8-9,11,18H,5-7,10H2,1-4H3. The molecule has 114 valence electrons. The number of methoxy groups -OCH3 is 2. The molecular weight excluding hydrogens is 322 g/mol. The lowest BCUT2D eigenvalue weighted by molar-refractivity contribution is 0.118. The number of hydrogen-bond acceptors (Lipinski definition) is 4. The fraction of sp³-hybridized carbons (Fsp3) is 0.600. The number of aromatic hydroxyl groups is 1. The lowest BCUT2D eigenvalue weighted by Crippen LogP contribution is -2.34. The van der Waals surface area contributed by atoms with E-state index in [1.54, 1.807) is 14.2 Å². The highest BCUT2D eigenvalue weighted by molar-refractivity contribution is 9.10. The van der Waals surface area contributed by atoms with Gasteiger partial charge in [0.15, 0.2) is 11.5 Å². The Hall–Kier alpha value is -0.780. The molecule has 4 nitrogen and oxygen atoms in total. The fourth-order valence-corrected chi connectivity index (χ4v) is 2.52. The second-order valence-electron chi connectivity index (χ2n) is 4.85. The molecular formula is C15H24BrNO3. The Bertz CT molecular complexity index is 426. The summed E-state index contributed by atoms with van der Waals surface area (Å²) in [6.45, 7) is 6.78. The van der Waals surface area contributed by atoms with Gasteiger partial charge in [-0.05, 0) is 47.0 Å². The molecule has 0 spiro atoms. The van der Waals surface area contributed by atoms with Gasteiger partial charge in [-0.25, -0.2) is 0 Å². The molecule has 0 bridgehead atoms. The third-order valence-electron chi connectivity index (χ3n) is 3.49. The van der Waals surface area contributed by atoms with Crippen LogP contribution in [-0.2, 0) is 11.3 Å². The molecule has 0 saturated heterocycles.